The van der Waals surface area contributed by atoms with Crippen LogP contribution in [0.15, 0.2) is 42.6 Å². The monoisotopic (exact) mass is 338 g/mol. The summed E-state index contributed by atoms with van der Waals surface area (Å²) in [5, 5.41) is 3.45. The molecule has 1 aromatic heterocycles. The Bertz CT molecular complexity index is 675. The van der Waals surface area contributed by atoms with E-state index in [9.17, 15) is 9.59 Å². The Kier molecular flexibility index (Phi) is 5.75. The molecule has 0 fully saturated rings. The van der Waals surface area contributed by atoms with Crippen molar-refractivity contribution < 1.29 is 14.3 Å². The molecule has 0 saturated carbocycles. The fraction of sp³-hybridized carbons (Fsp3) is 0.133. The van der Waals surface area contributed by atoms with Gasteiger partial charge in [-0.25, -0.2) is 9.78 Å². The van der Waals surface area contributed by atoms with Crippen LogP contribution in [0.4, 0.5) is 0 Å². The maximum atomic E-state index is 11.7. The van der Waals surface area contributed by atoms with Crippen molar-refractivity contribution in [1.82, 2.24) is 10.3 Å². The van der Waals surface area contributed by atoms with Crippen LogP contribution in [0.2, 0.25) is 10.2 Å². The molecule has 2 aromatic rings. The molecule has 5 nitrogen and oxygen atoms in total. The molecule has 0 radical (unpaired) electrons. The minimum Gasteiger partial charge on any atom is -0.452 e. The van der Waals surface area contributed by atoms with Crippen molar-refractivity contribution in [3.05, 3.63) is 63.9 Å². The zero-order valence-corrected chi connectivity index (χ0v) is 12.9. The molecule has 0 bridgehead atoms. The molecule has 7 heteroatoms. The predicted octanol–water partition coefficient (Wildman–Crippen LogP) is 2.86. The van der Waals surface area contributed by atoms with Gasteiger partial charge in [0.05, 0.1) is 5.56 Å². The van der Waals surface area contributed by atoms with Crippen molar-refractivity contribution in [2.45, 2.75) is 6.54 Å². The SMILES string of the molecule is O=C(COC(=O)c1ccc(Cl)nc1)NCc1ccccc1Cl. The Morgan fingerprint density at radius 1 is 1.14 bits per heavy atom. The number of ether oxygens (including phenoxy) is 1. The average Bonchev–Trinajstić information content (AvgIpc) is 2.52. The number of hydrogen-bond acceptors (Lipinski definition) is 4. The number of esters is 1. The summed E-state index contributed by atoms with van der Waals surface area (Å²) in [6, 6.07) is 10.1. The standard InChI is InChI=1S/C15H12Cl2N2O3/c16-12-4-2-1-3-10(12)7-19-14(20)9-22-15(21)11-5-6-13(17)18-8-11/h1-6,8H,7,9H2,(H,19,20). The second kappa shape index (κ2) is 7.77. The van der Waals surface area contributed by atoms with Gasteiger partial charge in [-0.05, 0) is 23.8 Å². The molecule has 0 spiro atoms. The maximum absolute atomic E-state index is 11.7. The fourth-order valence-corrected chi connectivity index (χ4v) is 1.91. The highest BCUT2D eigenvalue weighted by molar-refractivity contribution is 6.31. The second-order valence-electron chi connectivity index (χ2n) is 4.31. The molecular weight excluding hydrogens is 327 g/mol. The molecule has 0 saturated heterocycles. The third-order valence-electron chi connectivity index (χ3n) is 2.73. The van der Waals surface area contributed by atoms with Gasteiger partial charge in [-0.3, -0.25) is 4.79 Å². The highest BCUT2D eigenvalue weighted by atomic mass is 35.5. The summed E-state index contributed by atoms with van der Waals surface area (Å²) >= 11 is 11.6. The van der Waals surface area contributed by atoms with Crippen LogP contribution in [0.25, 0.3) is 0 Å². The molecule has 0 aliphatic carbocycles. The van der Waals surface area contributed by atoms with E-state index < -0.39 is 11.9 Å². The Hall–Kier alpha value is -2.11. The van der Waals surface area contributed by atoms with E-state index in [2.05, 4.69) is 10.3 Å². The van der Waals surface area contributed by atoms with Crippen molar-refractivity contribution in [1.29, 1.82) is 0 Å². The Morgan fingerprint density at radius 2 is 1.91 bits per heavy atom. The molecule has 1 aromatic carbocycles. The third kappa shape index (κ3) is 4.72. The van der Waals surface area contributed by atoms with Gasteiger partial charge in [-0.15, -0.1) is 0 Å². The zero-order valence-electron chi connectivity index (χ0n) is 11.4. The number of carbonyl (C=O) groups is 2. The topological polar surface area (TPSA) is 68.3 Å². The van der Waals surface area contributed by atoms with Crippen molar-refractivity contribution in [3.8, 4) is 0 Å². The molecule has 1 heterocycles. The first kappa shape index (κ1) is 16.3. The lowest BCUT2D eigenvalue weighted by atomic mass is 10.2. The van der Waals surface area contributed by atoms with Gasteiger partial charge in [0.25, 0.3) is 5.91 Å². The Labute approximate surface area is 137 Å². The molecule has 0 unspecified atom stereocenters. The van der Waals surface area contributed by atoms with E-state index in [-0.39, 0.29) is 23.9 Å². The van der Waals surface area contributed by atoms with Gasteiger partial charge in [0.2, 0.25) is 0 Å². The molecule has 114 valence electrons. The van der Waals surface area contributed by atoms with Crippen LogP contribution in [-0.4, -0.2) is 23.5 Å². The smallest absolute Gasteiger partial charge is 0.340 e. The first-order valence-electron chi connectivity index (χ1n) is 6.35. The minimum absolute atomic E-state index is 0.225. The summed E-state index contributed by atoms with van der Waals surface area (Å²) in [4.78, 5) is 27.1. The van der Waals surface area contributed by atoms with Crippen molar-refractivity contribution in [3.63, 3.8) is 0 Å². The largest absolute Gasteiger partial charge is 0.452 e. The number of amides is 1. The van der Waals surface area contributed by atoms with Gasteiger partial charge in [0.15, 0.2) is 6.61 Å². The maximum Gasteiger partial charge on any atom is 0.340 e. The number of nitrogens with zero attached hydrogens (tertiary/aromatic N) is 1. The van der Waals surface area contributed by atoms with E-state index in [4.69, 9.17) is 27.9 Å². The summed E-state index contributed by atoms with van der Waals surface area (Å²) < 4.78 is 4.88. The normalized spacial score (nSPS) is 10.1. The molecule has 0 aliphatic rings. The summed E-state index contributed by atoms with van der Waals surface area (Å²) in [5.74, 6) is -1.06. The lowest BCUT2D eigenvalue weighted by Crippen LogP contribution is -2.28. The van der Waals surface area contributed by atoms with E-state index in [1.165, 1.54) is 18.3 Å². The van der Waals surface area contributed by atoms with Gasteiger partial charge >= 0.3 is 5.97 Å². The minimum atomic E-state index is -0.642. The average molecular weight is 339 g/mol. The number of hydrogen-bond donors (Lipinski definition) is 1. The van der Waals surface area contributed by atoms with Gasteiger partial charge in [0, 0.05) is 17.8 Å². The molecule has 0 aliphatic heterocycles. The van der Waals surface area contributed by atoms with E-state index in [0.717, 1.165) is 5.56 Å². The fourth-order valence-electron chi connectivity index (χ4n) is 1.60. The van der Waals surface area contributed by atoms with Gasteiger partial charge in [-0.1, -0.05) is 41.4 Å². The summed E-state index contributed by atoms with van der Waals surface area (Å²) in [7, 11) is 0. The van der Waals surface area contributed by atoms with Crippen LogP contribution in [0, 0.1) is 0 Å². The van der Waals surface area contributed by atoms with Crippen molar-refractivity contribution in [2.75, 3.05) is 6.61 Å². The van der Waals surface area contributed by atoms with Crippen molar-refractivity contribution in [2.24, 2.45) is 0 Å². The van der Waals surface area contributed by atoms with E-state index in [0.29, 0.717) is 5.02 Å². The van der Waals surface area contributed by atoms with Gasteiger partial charge in [-0.2, -0.15) is 0 Å². The summed E-state index contributed by atoms with van der Waals surface area (Å²) in [6.07, 6.45) is 1.28. The number of aromatic nitrogens is 1. The third-order valence-corrected chi connectivity index (χ3v) is 3.32. The molecule has 2 rings (SSSR count). The van der Waals surface area contributed by atoms with E-state index >= 15 is 0 Å². The lowest BCUT2D eigenvalue weighted by Gasteiger charge is -2.07. The van der Waals surface area contributed by atoms with Crippen LogP contribution in [0.5, 0.6) is 0 Å². The summed E-state index contributed by atoms with van der Waals surface area (Å²) in [5.41, 5.74) is 1.01. The number of benzene rings is 1. The number of halogens is 2. The first-order chi connectivity index (χ1) is 10.6. The van der Waals surface area contributed by atoms with Crippen LogP contribution in [0.1, 0.15) is 15.9 Å². The summed E-state index contributed by atoms with van der Waals surface area (Å²) in [6.45, 7) is -0.121. The zero-order chi connectivity index (χ0) is 15.9. The van der Waals surface area contributed by atoms with Gasteiger partial charge in [0.1, 0.15) is 5.15 Å². The molecular formula is C15H12Cl2N2O3. The number of pyridine rings is 1. The van der Waals surface area contributed by atoms with Crippen LogP contribution < -0.4 is 5.32 Å². The Morgan fingerprint density at radius 3 is 2.59 bits per heavy atom. The lowest BCUT2D eigenvalue weighted by molar-refractivity contribution is -0.124. The number of nitrogens with one attached hydrogen (secondary N) is 1. The van der Waals surface area contributed by atoms with Crippen LogP contribution >= 0.6 is 23.2 Å². The highest BCUT2D eigenvalue weighted by Gasteiger charge is 2.10. The quantitative estimate of drug-likeness (QED) is 0.672. The molecule has 1 N–H and O–H groups in total. The Balaban J connectivity index is 1.79. The van der Waals surface area contributed by atoms with Gasteiger partial charge < -0.3 is 10.1 Å². The molecule has 22 heavy (non-hydrogen) atoms. The van der Waals surface area contributed by atoms with Crippen molar-refractivity contribution >= 4 is 35.1 Å². The molecule has 1 amide bonds. The highest BCUT2D eigenvalue weighted by Crippen LogP contribution is 2.14. The number of carbonyl (C=O) groups excluding carboxylic acids is 2. The van der Waals surface area contributed by atoms with Crippen LogP contribution in [0.3, 0.4) is 0 Å². The van der Waals surface area contributed by atoms with Crippen LogP contribution in [-0.2, 0) is 16.1 Å². The predicted molar refractivity (Wildman–Crippen MR) is 82.8 cm³/mol. The van der Waals surface area contributed by atoms with E-state index in [1.807, 2.05) is 6.07 Å². The number of rotatable bonds is 5. The van der Waals surface area contributed by atoms with E-state index in [1.54, 1.807) is 18.2 Å². The second-order valence-corrected chi connectivity index (χ2v) is 5.11. The molecule has 0 atom stereocenters. The first-order valence-corrected chi connectivity index (χ1v) is 7.10.